The molecule has 0 aliphatic heterocycles. The monoisotopic (exact) mass is 389 g/mol. The van der Waals surface area contributed by atoms with E-state index >= 15 is 0 Å². The van der Waals surface area contributed by atoms with Crippen LogP contribution in [0.2, 0.25) is 10.0 Å². The van der Waals surface area contributed by atoms with Crippen molar-refractivity contribution in [2.75, 3.05) is 6.54 Å². The Kier molecular flexibility index (Phi) is 6.06. The van der Waals surface area contributed by atoms with E-state index in [1.165, 1.54) is 6.07 Å². The third-order valence-electron chi connectivity index (χ3n) is 3.25. The Hall–Kier alpha value is -0.610. The van der Waals surface area contributed by atoms with E-state index < -0.39 is 0 Å². The highest BCUT2D eigenvalue weighted by Crippen LogP contribution is 2.30. The maximum atomic E-state index is 13.4. The number of hydrogen-bond donors (Lipinski definition) is 1. The topological polar surface area (TPSA) is 12.0 Å². The second kappa shape index (κ2) is 7.59. The van der Waals surface area contributed by atoms with Gasteiger partial charge in [-0.25, -0.2) is 4.39 Å². The van der Waals surface area contributed by atoms with Gasteiger partial charge in [-0.3, -0.25) is 0 Å². The molecule has 0 heterocycles. The first-order valence-electron chi connectivity index (χ1n) is 6.64. The van der Waals surface area contributed by atoms with Crippen molar-refractivity contribution >= 4 is 39.1 Å². The lowest BCUT2D eigenvalue weighted by Crippen LogP contribution is -2.23. The van der Waals surface area contributed by atoms with E-state index in [0.29, 0.717) is 20.9 Å². The molecule has 2 aromatic carbocycles. The van der Waals surface area contributed by atoms with Gasteiger partial charge in [-0.15, -0.1) is 0 Å². The Morgan fingerprint density at radius 1 is 1.24 bits per heavy atom. The molecule has 1 N–H and O–H groups in total. The van der Waals surface area contributed by atoms with Crippen LogP contribution in [0.15, 0.2) is 40.9 Å². The molecule has 0 bridgehead atoms. The molecule has 0 saturated carbocycles. The number of halogens is 4. The number of likely N-dealkylation sites (N-methyl/N-ethyl adjacent to an activating group) is 1. The van der Waals surface area contributed by atoms with Crippen molar-refractivity contribution in [3.05, 3.63) is 67.9 Å². The molecular weight excluding hydrogens is 376 g/mol. The van der Waals surface area contributed by atoms with E-state index in [1.54, 1.807) is 18.2 Å². The Bertz CT molecular complexity index is 634. The zero-order valence-corrected chi connectivity index (χ0v) is 14.6. The minimum Gasteiger partial charge on any atom is -0.310 e. The molecule has 21 heavy (non-hydrogen) atoms. The van der Waals surface area contributed by atoms with Gasteiger partial charge in [-0.1, -0.05) is 48.3 Å². The molecule has 112 valence electrons. The van der Waals surface area contributed by atoms with Crippen LogP contribution in [0, 0.1) is 5.82 Å². The average Bonchev–Trinajstić information content (AvgIpc) is 2.46. The molecule has 0 aromatic heterocycles. The fourth-order valence-electron chi connectivity index (χ4n) is 2.21. The Morgan fingerprint density at radius 2 is 2.00 bits per heavy atom. The summed E-state index contributed by atoms with van der Waals surface area (Å²) in [6.07, 6.45) is 0.686. The Morgan fingerprint density at radius 3 is 2.67 bits per heavy atom. The predicted molar refractivity (Wildman–Crippen MR) is 90.7 cm³/mol. The maximum Gasteiger partial charge on any atom is 0.137 e. The average molecular weight is 391 g/mol. The van der Waals surface area contributed by atoms with Crippen LogP contribution >= 0.6 is 39.1 Å². The van der Waals surface area contributed by atoms with Crippen molar-refractivity contribution in [1.82, 2.24) is 5.32 Å². The van der Waals surface area contributed by atoms with Gasteiger partial charge in [0.15, 0.2) is 0 Å². The van der Waals surface area contributed by atoms with Gasteiger partial charge in [-0.05, 0) is 58.2 Å². The summed E-state index contributed by atoms with van der Waals surface area (Å²) in [5.41, 5.74) is 1.97. The molecule has 0 aliphatic carbocycles. The van der Waals surface area contributed by atoms with Crippen LogP contribution in [0.4, 0.5) is 4.39 Å². The predicted octanol–water partition coefficient (Wildman–Crippen LogP) is 5.79. The first-order chi connectivity index (χ1) is 10.0. The largest absolute Gasteiger partial charge is 0.310 e. The van der Waals surface area contributed by atoms with Gasteiger partial charge in [0.1, 0.15) is 5.82 Å². The fraction of sp³-hybridized carbons (Fsp3) is 0.250. The zero-order chi connectivity index (χ0) is 15.4. The van der Waals surface area contributed by atoms with Crippen LogP contribution in [0.5, 0.6) is 0 Å². The lowest BCUT2D eigenvalue weighted by Gasteiger charge is -2.20. The van der Waals surface area contributed by atoms with Crippen LogP contribution in [-0.2, 0) is 6.42 Å². The highest BCUT2D eigenvalue weighted by Gasteiger charge is 2.15. The maximum absolute atomic E-state index is 13.4. The van der Waals surface area contributed by atoms with Crippen LogP contribution in [0.3, 0.4) is 0 Å². The van der Waals surface area contributed by atoms with Gasteiger partial charge in [0.25, 0.3) is 0 Å². The summed E-state index contributed by atoms with van der Waals surface area (Å²) in [5.74, 6) is -0.269. The lowest BCUT2D eigenvalue weighted by molar-refractivity contribution is 0.546. The van der Waals surface area contributed by atoms with Gasteiger partial charge in [0.05, 0.1) is 14.5 Å². The summed E-state index contributed by atoms with van der Waals surface area (Å²) in [4.78, 5) is 0. The van der Waals surface area contributed by atoms with E-state index in [4.69, 9.17) is 23.2 Å². The van der Waals surface area contributed by atoms with Crippen LogP contribution in [0.25, 0.3) is 0 Å². The summed E-state index contributed by atoms with van der Waals surface area (Å²) >= 11 is 15.5. The molecule has 5 heteroatoms. The fourth-order valence-corrected chi connectivity index (χ4v) is 3.00. The minimum absolute atomic E-state index is 0.0443. The molecule has 1 unspecified atom stereocenters. The van der Waals surface area contributed by atoms with Crippen molar-refractivity contribution < 1.29 is 4.39 Å². The quantitative estimate of drug-likeness (QED) is 0.681. The lowest BCUT2D eigenvalue weighted by atomic mass is 9.98. The van der Waals surface area contributed by atoms with E-state index in [-0.39, 0.29) is 11.9 Å². The summed E-state index contributed by atoms with van der Waals surface area (Å²) in [5, 5.41) is 4.51. The van der Waals surface area contributed by atoms with Gasteiger partial charge >= 0.3 is 0 Å². The molecule has 1 nitrogen and oxygen atoms in total. The minimum atomic E-state index is -0.269. The highest BCUT2D eigenvalue weighted by molar-refractivity contribution is 9.10. The molecule has 0 amide bonds. The molecular formula is C16H15BrCl2FN. The molecule has 0 fully saturated rings. The standard InChI is InChI=1S/C16H15BrCl2FN/c1-2-21-15(10-6-7-14(20)12(17)8-10)9-11-4-3-5-13(18)16(11)19/h3-8,15,21H,2,9H2,1H3. The summed E-state index contributed by atoms with van der Waals surface area (Å²) in [7, 11) is 0. The molecule has 0 saturated heterocycles. The first kappa shape index (κ1) is 16.8. The first-order valence-corrected chi connectivity index (χ1v) is 8.19. The third kappa shape index (κ3) is 4.19. The van der Waals surface area contributed by atoms with Crippen molar-refractivity contribution in [1.29, 1.82) is 0 Å². The second-order valence-corrected chi connectivity index (χ2v) is 6.34. The van der Waals surface area contributed by atoms with Crippen molar-refractivity contribution in [2.45, 2.75) is 19.4 Å². The van der Waals surface area contributed by atoms with Gasteiger partial charge in [0.2, 0.25) is 0 Å². The molecule has 0 radical (unpaired) electrons. The number of rotatable bonds is 5. The van der Waals surface area contributed by atoms with Crippen molar-refractivity contribution in [3.8, 4) is 0 Å². The Labute approximate surface area is 142 Å². The summed E-state index contributed by atoms with van der Waals surface area (Å²) < 4.78 is 13.8. The van der Waals surface area contributed by atoms with Crippen LogP contribution in [-0.4, -0.2) is 6.54 Å². The van der Waals surface area contributed by atoms with Gasteiger partial charge in [-0.2, -0.15) is 0 Å². The molecule has 2 aromatic rings. The molecule has 1 atom stereocenters. The summed E-state index contributed by atoms with van der Waals surface area (Å²) in [6, 6.07) is 10.7. The number of benzene rings is 2. The number of hydrogen-bond acceptors (Lipinski definition) is 1. The molecule has 0 spiro atoms. The Balaban J connectivity index is 2.30. The van der Waals surface area contributed by atoms with Gasteiger partial charge in [0, 0.05) is 6.04 Å². The van der Waals surface area contributed by atoms with Gasteiger partial charge < -0.3 is 5.32 Å². The van der Waals surface area contributed by atoms with Crippen LogP contribution in [0.1, 0.15) is 24.1 Å². The molecule has 0 aliphatic rings. The van der Waals surface area contributed by atoms with E-state index in [1.807, 2.05) is 19.1 Å². The normalized spacial score (nSPS) is 12.4. The zero-order valence-electron chi connectivity index (χ0n) is 11.5. The smallest absolute Gasteiger partial charge is 0.137 e. The van der Waals surface area contributed by atoms with E-state index in [9.17, 15) is 4.39 Å². The van der Waals surface area contributed by atoms with E-state index in [2.05, 4.69) is 21.2 Å². The third-order valence-corrected chi connectivity index (χ3v) is 4.72. The van der Waals surface area contributed by atoms with E-state index in [0.717, 1.165) is 17.7 Å². The highest BCUT2D eigenvalue weighted by atomic mass is 79.9. The van der Waals surface area contributed by atoms with Crippen LogP contribution < -0.4 is 5.32 Å². The summed E-state index contributed by atoms with van der Waals surface area (Å²) in [6.45, 7) is 2.84. The second-order valence-electron chi connectivity index (χ2n) is 4.70. The SMILES string of the molecule is CCNC(Cc1cccc(Cl)c1Cl)c1ccc(F)c(Br)c1. The van der Waals surface area contributed by atoms with Crippen molar-refractivity contribution in [2.24, 2.45) is 0 Å². The molecule has 2 rings (SSSR count). The van der Waals surface area contributed by atoms with Crippen molar-refractivity contribution in [3.63, 3.8) is 0 Å². The number of nitrogens with one attached hydrogen (secondary N) is 1.